The molecule has 560 valence electrons. The molecule has 0 spiro atoms. The molecule has 100 heavy (non-hydrogen) atoms. The predicted molar refractivity (Wildman–Crippen MR) is 352 cm³/mol. The lowest BCUT2D eigenvalue weighted by molar-refractivity contribution is -0.154. The Morgan fingerprint density at radius 2 is 1.68 bits per heavy atom. The molecule has 43 heteroatoms. The van der Waals surface area contributed by atoms with Gasteiger partial charge in [0.15, 0.2) is 28.9 Å². The van der Waals surface area contributed by atoms with Gasteiger partial charge in [-0.25, -0.2) is 38.4 Å². The number of phenolic OH excluding ortho intramolecular Hbond substituents is 1. The minimum atomic E-state index is -5.63. The topological polar surface area (TPSA) is 583 Å². The number of aliphatic hydroxyl groups excluding tert-OH is 4. The minimum Gasteiger partial charge on any atom is -0.783 e. The van der Waals surface area contributed by atoms with E-state index in [1.54, 1.807) is 24.3 Å². The first-order valence-corrected chi connectivity index (χ1v) is 37.4. The van der Waals surface area contributed by atoms with Gasteiger partial charge in [0.25, 0.3) is 0 Å². The Bertz CT molecular complexity index is 3450. The van der Waals surface area contributed by atoms with Gasteiger partial charge in [-0.05, 0) is 89.5 Å². The van der Waals surface area contributed by atoms with E-state index >= 15 is 0 Å². The molecule has 5 heterocycles. The van der Waals surface area contributed by atoms with Crippen LogP contribution in [0.5, 0.6) is 5.75 Å². The molecule has 2 fully saturated rings. The Labute approximate surface area is 577 Å². The molecule has 3 aliphatic rings. The third kappa shape index (κ3) is 26.7. The number of nitrogen functional groups attached to an aromatic ring is 1. The maximum Gasteiger partial charge on any atom is 0.481 e. The monoisotopic (exact) mass is 1500 g/mol. The molecule has 0 saturated carbocycles. The molecule has 1 aromatic carbocycles. The number of hydrogen-bond donors (Lipinski definition) is 14. The summed E-state index contributed by atoms with van der Waals surface area (Å²) in [6, 6.07) is 3.01. The van der Waals surface area contributed by atoms with Crippen molar-refractivity contribution in [2.24, 2.45) is 10.4 Å². The number of aliphatic imine (C=N–C) groups is 1. The SMILES string of the molecule is CC(CC(O)NC1CCCCN([O-])C1=O)OC(=O)C(CCCCN([O-])C(O)/C=C/CCCCCCC(=O)SCCNC(=O)CCNC(=O)C(O)C(C)(C)COP(=O)(O)OP(=O)(O)OCC1OC(n2cnc3c(N)ncnc32)C(O)C1OP(=O)(O)O)NC(=O)C1COC(c2ccccc2O)=N1. The number of thioether (sulfide) groups is 1. The van der Waals surface area contributed by atoms with Crippen LogP contribution in [-0.2, 0) is 74.6 Å². The number of anilines is 1. The number of para-hydroxylation sites is 1. The molecule has 0 radical (unpaired) electrons. The first kappa shape index (κ1) is 82.9. The van der Waals surface area contributed by atoms with Crippen LogP contribution in [0.2, 0.25) is 0 Å². The van der Waals surface area contributed by atoms with Crippen LogP contribution in [0.1, 0.15) is 122 Å². The van der Waals surface area contributed by atoms with Gasteiger partial charge < -0.3 is 102 Å². The quantitative estimate of drug-likeness (QED) is 0.00939. The van der Waals surface area contributed by atoms with E-state index in [2.05, 4.69) is 50.0 Å². The third-order valence-electron chi connectivity index (χ3n) is 15.6. The number of phenols is 1. The van der Waals surface area contributed by atoms with Gasteiger partial charge in [-0.2, -0.15) is 4.31 Å². The van der Waals surface area contributed by atoms with Crippen molar-refractivity contribution in [1.29, 1.82) is 0 Å². The minimum absolute atomic E-state index is 0.00376. The number of rotatable bonds is 42. The van der Waals surface area contributed by atoms with Crippen LogP contribution in [0.4, 0.5) is 5.82 Å². The van der Waals surface area contributed by atoms with Gasteiger partial charge in [0.1, 0.15) is 73.2 Å². The number of hydroxylamine groups is 4. The third-order valence-corrected chi connectivity index (χ3v) is 19.6. The Morgan fingerprint density at radius 1 is 0.950 bits per heavy atom. The van der Waals surface area contributed by atoms with E-state index in [0.717, 1.165) is 41.8 Å². The number of aromatic hydroxyl groups is 1. The molecule has 13 unspecified atom stereocenters. The summed E-state index contributed by atoms with van der Waals surface area (Å²) in [7, 11) is -16.6. The number of amides is 4. The number of phosphoric ester groups is 3. The zero-order chi connectivity index (χ0) is 73.5. The Hall–Kier alpha value is -6.04. The van der Waals surface area contributed by atoms with Gasteiger partial charge in [-0.3, -0.25) is 47.4 Å². The number of nitrogens with one attached hydrogen (secondary N) is 4. The molecule has 4 amide bonds. The van der Waals surface area contributed by atoms with E-state index < -0.39 is 139 Å². The van der Waals surface area contributed by atoms with Gasteiger partial charge >= 0.3 is 29.4 Å². The summed E-state index contributed by atoms with van der Waals surface area (Å²) >= 11 is 1.02. The van der Waals surface area contributed by atoms with Gasteiger partial charge in [-0.1, -0.05) is 56.7 Å². The molecule has 0 bridgehead atoms. The van der Waals surface area contributed by atoms with E-state index in [1.807, 2.05) is 0 Å². The van der Waals surface area contributed by atoms with Gasteiger partial charge in [0.2, 0.25) is 29.5 Å². The van der Waals surface area contributed by atoms with E-state index in [-0.39, 0.29) is 116 Å². The number of unbranched alkanes of at least 4 members (excludes halogenated alkanes) is 5. The van der Waals surface area contributed by atoms with Crippen molar-refractivity contribution < 1.29 is 120 Å². The number of fused-ring (bicyclic) bond motifs is 1. The molecule has 13 atom stereocenters. The molecule has 3 aliphatic heterocycles. The molecule has 39 nitrogen and oxygen atoms in total. The second-order valence-corrected chi connectivity index (χ2v) is 29.6. The highest BCUT2D eigenvalue weighted by atomic mass is 32.2. The number of imidazole rings is 1. The summed E-state index contributed by atoms with van der Waals surface area (Å²) in [5.41, 5.74) is 4.45. The van der Waals surface area contributed by atoms with Crippen LogP contribution in [0.15, 0.2) is 54.1 Å². The number of nitrogens with two attached hydrogens (primary N) is 1. The molecule has 3 aromatic rings. The molecule has 2 aromatic heterocycles. The molecule has 6 rings (SSSR count). The van der Waals surface area contributed by atoms with Crippen molar-refractivity contribution >= 4 is 92.8 Å². The number of carbonyl (C=O) groups excluding carboxylic acids is 6. The molecular weight excluding hydrogens is 1410 g/mol. The summed E-state index contributed by atoms with van der Waals surface area (Å²) in [6.07, 6.45) is -2.66. The number of esters is 1. The van der Waals surface area contributed by atoms with Crippen LogP contribution in [0, 0.1) is 15.8 Å². The van der Waals surface area contributed by atoms with Gasteiger partial charge in [-0.15, -0.1) is 0 Å². The van der Waals surface area contributed by atoms with E-state index in [1.165, 1.54) is 32.9 Å². The van der Waals surface area contributed by atoms with Crippen molar-refractivity contribution in [3.8, 4) is 5.75 Å². The van der Waals surface area contributed by atoms with E-state index in [0.29, 0.717) is 48.7 Å². The summed E-state index contributed by atoms with van der Waals surface area (Å²) in [5.74, 6) is -3.65. The largest absolute Gasteiger partial charge is 0.783 e. The fourth-order valence-electron chi connectivity index (χ4n) is 10.3. The number of hydrogen-bond acceptors (Lipinski definition) is 31. The van der Waals surface area contributed by atoms with E-state index in [9.17, 15) is 98.0 Å². The van der Waals surface area contributed by atoms with Crippen molar-refractivity contribution in [2.75, 3.05) is 57.5 Å². The number of nitrogens with zero attached hydrogens (tertiary/aromatic N) is 7. The first-order valence-electron chi connectivity index (χ1n) is 31.9. The number of phosphoric acid groups is 3. The summed E-state index contributed by atoms with van der Waals surface area (Å²) in [6.45, 7) is 1.44. The fourth-order valence-corrected chi connectivity index (χ4v) is 13.8. The van der Waals surface area contributed by atoms with Gasteiger partial charge in [0.05, 0.1) is 31.1 Å². The molecule has 0 aliphatic carbocycles. The highest BCUT2D eigenvalue weighted by Crippen LogP contribution is 2.61. The number of carbonyl (C=O) groups is 6. The zero-order valence-electron chi connectivity index (χ0n) is 54.9. The lowest BCUT2D eigenvalue weighted by Crippen LogP contribution is -2.49. The lowest BCUT2D eigenvalue weighted by Gasteiger charge is -2.32. The maximum atomic E-state index is 13.6. The van der Waals surface area contributed by atoms with Gasteiger partial charge in [0, 0.05) is 50.1 Å². The molecule has 2 saturated heterocycles. The van der Waals surface area contributed by atoms with Crippen molar-refractivity contribution in [2.45, 2.75) is 178 Å². The van der Waals surface area contributed by atoms with Crippen LogP contribution in [0.25, 0.3) is 11.2 Å². The Balaban J connectivity index is 0.804. The number of aromatic nitrogens is 4. The van der Waals surface area contributed by atoms with Crippen molar-refractivity contribution in [3.63, 3.8) is 0 Å². The molecular formula is C57H87N12O27P3S-2. The second-order valence-electron chi connectivity index (χ2n) is 24.2. The summed E-state index contributed by atoms with van der Waals surface area (Å²) < 4.78 is 73.9. The number of benzene rings is 1. The summed E-state index contributed by atoms with van der Waals surface area (Å²) in [5, 5.41) is 89.0. The highest BCUT2D eigenvalue weighted by molar-refractivity contribution is 8.13. The fraction of sp³-hybridized carbons (Fsp3) is 0.649. The Morgan fingerprint density at radius 3 is 2.42 bits per heavy atom. The average molecular weight is 1500 g/mol. The van der Waals surface area contributed by atoms with Crippen LogP contribution < -0.4 is 27.0 Å². The average Bonchev–Trinajstić information content (AvgIpc) is 1.62. The first-order chi connectivity index (χ1) is 47.1. The second kappa shape index (κ2) is 39.0. The van der Waals surface area contributed by atoms with Crippen molar-refractivity contribution in [3.05, 3.63) is 65.1 Å². The predicted octanol–water partition coefficient (Wildman–Crippen LogP) is 0.995. The molecule has 15 N–H and O–H groups in total. The number of allylic oxidation sites excluding steroid dienone is 1. The normalized spacial score (nSPS) is 21.9. The van der Waals surface area contributed by atoms with Crippen LogP contribution in [-0.4, -0.2) is 228 Å². The standard InChI is InChI=1S/C57H87N12O27P3S/c1-34(28-42(72)64-36-17-12-15-26-69(82)54(36)79)93-56(80)37(65-51(77)38-29-90-53(66-38)35-16-10-11-19-39(35)70)18-13-14-25-68(81)43(73)20-8-6-4-5-7-9-21-44(74)100-27-24-59-41(71)22-23-60-52(78)48(76)57(2,3)31-92-99(88,89)96-98(86,87)91-30-40-47(95-97(83,84)85)46(75)55(94-40)67-33-63-45-49(58)61-32-62-50(45)67/h8,10-11,16,19-20,32-34,36-38,40,42-43,46-48,55,64,70,72-73,75-76H,4-7,9,12-15,17-18,21-31H2,1-3H3,(H,59,71)(H,60,78)(H,65,77)(H,86,87)(H,88,89)(H2,58,61,62)(H2,83,84,85)/q-2/b20-8+. The zero-order valence-corrected chi connectivity index (χ0v) is 58.4. The highest BCUT2D eigenvalue weighted by Gasteiger charge is 2.50. The number of aliphatic hydroxyl groups is 4. The Kier molecular flexibility index (Phi) is 32.3. The van der Waals surface area contributed by atoms with Crippen LogP contribution >= 0.6 is 35.2 Å². The van der Waals surface area contributed by atoms with Crippen LogP contribution in [0.3, 0.4) is 0 Å². The number of ether oxygens (including phenoxy) is 3. The maximum absolute atomic E-state index is 13.6. The smallest absolute Gasteiger partial charge is 0.481 e. The van der Waals surface area contributed by atoms with E-state index in [4.69, 9.17) is 29.0 Å². The van der Waals surface area contributed by atoms with Crippen molar-refractivity contribution in [1.82, 2.24) is 50.9 Å². The lowest BCUT2D eigenvalue weighted by atomic mass is 9.87. The summed E-state index contributed by atoms with van der Waals surface area (Å²) in [4.78, 5) is 133.